The van der Waals surface area contributed by atoms with E-state index in [9.17, 15) is 18.0 Å². The van der Waals surface area contributed by atoms with Gasteiger partial charge in [-0.2, -0.15) is 23.3 Å². The maximum absolute atomic E-state index is 13.2. The zero-order chi connectivity index (χ0) is 22.0. The first-order chi connectivity index (χ1) is 14.8. The number of rotatable bonds is 6. The van der Waals surface area contributed by atoms with Crippen LogP contribution in [0.1, 0.15) is 27.6 Å². The average Bonchev–Trinajstić information content (AvgIpc) is 3.47. The van der Waals surface area contributed by atoms with E-state index in [2.05, 4.69) is 20.6 Å². The Morgan fingerprint density at radius 2 is 1.97 bits per heavy atom. The molecule has 11 heteroatoms. The maximum Gasteiger partial charge on any atom is 0.416 e. The number of carbonyl (C=O) groups is 1. The highest BCUT2D eigenvalue weighted by Gasteiger charge is 2.31. The molecule has 160 valence electrons. The lowest BCUT2D eigenvalue weighted by molar-refractivity contribution is -0.137. The molecule has 4 rings (SSSR count). The molecule has 1 amide bonds. The van der Waals surface area contributed by atoms with Crippen LogP contribution in [0.3, 0.4) is 0 Å². The third kappa shape index (κ3) is 4.34. The minimum Gasteiger partial charge on any atom is -0.351 e. The lowest BCUT2D eigenvalue weighted by atomic mass is 10.2. The Kier molecular flexibility index (Phi) is 5.32. The Hall–Kier alpha value is -3.89. The van der Waals surface area contributed by atoms with Gasteiger partial charge in [0.1, 0.15) is 5.56 Å². The highest BCUT2D eigenvalue weighted by molar-refractivity contribution is 5.97. The fourth-order valence-corrected chi connectivity index (χ4v) is 3.05. The number of benzene rings is 1. The van der Waals surface area contributed by atoms with Gasteiger partial charge < -0.3 is 14.4 Å². The monoisotopic (exact) mass is 430 g/mol. The molecular weight excluding hydrogens is 413 g/mol. The van der Waals surface area contributed by atoms with Gasteiger partial charge >= 0.3 is 6.18 Å². The molecule has 0 unspecified atom stereocenters. The molecular formula is C20H17F3N6O2. The summed E-state index contributed by atoms with van der Waals surface area (Å²) in [5, 5.41) is 10.6. The summed E-state index contributed by atoms with van der Waals surface area (Å²) in [5.41, 5.74) is -0.422. The predicted octanol–water partition coefficient (Wildman–Crippen LogP) is 3.35. The van der Waals surface area contributed by atoms with Crippen LogP contribution in [0.25, 0.3) is 11.5 Å². The van der Waals surface area contributed by atoms with Crippen LogP contribution >= 0.6 is 0 Å². The molecule has 0 bridgehead atoms. The Balaban J connectivity index is 1.64. The molecule has 0 aliphatic carbocycles. The third-order valence-electron chi connectivity index (χ3n) is 4.45. The summed E-state index contributed by atoms with van der Waals surface area (Å²) in [7, 11) is 0. The van der Waals surface area contributed by atoms with Crippen LogP contribution in [-0.2, 0) is 12.6 Å². The second-order valence-electron chi connectivity index (χ2n) is 6.67. The number of alkyl halides is 3. The Morgan fingerprint density at radius 1 is 1.19 bits per heavy atom. The van der Waals surface area contributed by atoms with Crippen molar-refractivity contribution in [2.45, 2.75) is 19.5 Å². The molecule has 8 nitrogen and oxygen atoms in total. The van der Waals surface area contributed by atoms with Crippen LogP contribution < -0.4 is 5.32 Å². The Bertz CT molecular complexity index is 1190. The molecule has 0 fully saturated rings. The number of aryl methyl sites for hydroxylation is 1. The molecule has 0 saturated heterocycles. The van der Waals surface area contributed by atoms with Crippen molar-refractivity contribution in [3.05, 3.63) is 77.8 Å². The topological polar surface area (TPSA) is 90.8 Å². The first-order valence-corrected chi connectivity index (χ1v) is 9.29. The number of hydrogen-bond donors (Lipinski definition) is 1. The number of hydrogen-bond acceptors (Lipinski definition) is 5. The lowest BCUT2D eigenvalue weighted by Crippen LogP contribution is -2.26. The van der Waals surface area contributed by atoms with Gasteiger partial charge in [0.25, 0.3) is 5.91 Å². The molecule has 0 saturated carbocycles. The number of nitrogens with one attached hydrogen (secondary N) is 1. The van der Waals surface area contributed by atoms with E-state index in [1.165, 1.54) is 23.0 Å². The molecule has 0 aliphatic rings. The summed E-state index contributed by atoms with van der Waals surface area (Å²) in [6.07, 6.45) is 0.525. The van der Waals surface area contributed by atoms with Crippen LogP contribution in [0.2, 0.25) is 0 Å². The Morgan fingerprint density at radius 3 is 2.65 bits per heavy atom. The zero-order valence-corrected chi connectivity index (χ0v) is 16.3. The van der Waals surface area contributed by atoms with E-state index >= 15 is 0 Å². The minimum absolute atomic E-state index is 0.180. The van der Waals surface area contributed by atoms with E-state index < -0.39 is 17.6 Å². The molecule has 1 N–H and O–H groups in total. The van der Waals surface area contributed by atoms with Gasteiger partial charge in [0.05, 0.1) is 17.4 Å². The molecule has 0 radical (unpaired) electrons. The van der Waals surface area contributed by atoms with Crippen LogP contribution in [0.15, 0.2) is 59.5 Å². The number of nitrogens with zero attached hydrogens (tertiary/aromatic N) is 5. The van der Waals surface area contributed by atoms with E-state index in [-0.39, 0.29) is 17.8 Å². The van der Waals surface area contributed by atoms with Gasteiger partial charge in [-0.15, -0.1) is 0 Å². The van der Waals surface area contributed by atoms with Crippen molar-refractivity contribution in [1.29, 1.82) is 0 Å². The summed E-state index contributed by atoms with van der Waals surface area (Å²) in [4.78, 5) is 16.9. The van der Waals surface area contributed by atoms with Gasteiger partial charge in [0, 0.05) is 25.4 Å². The van der Waals surface area contributed by atoms with Gasteiger partial charge in [-0.3, -0.25) is 4.79 Å². The highest BCUT2D eigenvalue weighted by Crippen LogP contribution is 2.31. The zero-order valence-electron chi connectivity index (χ0n) is 16.3. The van der Waals surface area contributed by atoms with E-state index in [1.807, 2.05) is 0 Å². The number of aromatic nitrogens is 5. The molecule has 1 aromatic carbocycles. The third-order valence-corrected chi connectivity index (χ3v) is 4.45. The quantitative estimate of drug-likeness (QED) is 0.507. The number of halogens is 3. The summed E-state index contributed by atoms with van der Waals surface area (Å²) < 4.78 is 47.4. The van der Waals surface area contributed by atoms with Crippen molar-refractivity contribution in [3.8, 4) is 11.5 Å². The first-order valence-electron chi connectivity index (χ1n) is 9.29. The van der Waals surface area contributed by atoms with Crippen molar-refractivity contribution in [3.63, 3.8) is 0 Å². The average molecular weight is 430 g/mol. The summed E-state index contributed by atoms with van der Waals surface area (Å²) in [6, 6.07) is 8.24. The van der Waals surface area contributed by atoms with Crippen molar-refractivity contribution >= 4 is 5.91 Å². The van der Waals surface area contributed by atoms with Gasteiger partial charge in [-0.1, -0.05) is 11.2 Å². The summed E-state index contributed by atoms with van der Waals surface area (Å²) in [6.45, 7) is 1.93. The van der Waals surface area contributed by atoms with Crippen molar-refractivity contribution in [2.24, 2.45) is 0 Å². The first kappa shape index (κ1) is 20.4. The van der Waals surface area contributed by atoms with Crippen LogP contribution in [0.4, 0.5) is 13.2 Å². The van der Waals surface area contributed by atoms with E-state index in [4.69, 9.17) is 4.52 Å². The minimum atomic E-state index is -4.50. The normalized spacial score (nSPS) is 11.6. The smallest absolute Gasteiger partial charge is 0.351 e. The molecule has 0 spiro atoms. The van der Waals surface area contributed by atoms with Gasteiger partial charge in [-0.05, 0) is 37.3 Å². The van der Waals surface area contributed by atoms with Crippen molar-refractivity contribution < 1.29 is 22.5 Å². The SMILES string of the molecule is Cc1noc(CCNC(=O)c2cnn(-c3cccc(C(F)(F)F)c3)c2-n2cccc2)n1. The summed E-state index contributed by atoms with van der Waals surface area (Å²) >= 11 is 0. The molecule has 3 aromatic heterocycles. The molecule has 31 heavy (non-hydrogen) atoms. The van der Waals surface area contributed by atoms with Crippen LogP contribution in [0.5, 0.6) is 0 Å². The van der Waals surface area contributed by atoms with Gasteiger partial charge in [-0.25, -0.2) is 4.68 Å². The fraction of sp³-hybridized carbons (Fsp3) is 0.200. The molecule has 4 aromatic rings. The second kappa shape index (κ2) is 8.09. The lowest BCUT2D eigenvalue weighted by Gasteiger charge is -2.13. The maximum atomic E-state index is 13.2. The predicted molar refractivity (Wildman–Crippen MR) is 103 cm³/mol. The number of amides is 1. The molecule has 0 aliphatic heterocycles. The van der Waals surface area contributed by atoms with Gasteiger partial charge in [0.15, 0.2) is 11.6 Å². The standard InChI is InChI=1S/C20H17F3N6O2/c1-13-26-17(31-27-13)7-8-24-18(30)16-12-25-29(19(16)28-9-2-3-10-28)15-6-4-5-14(11-15)20(21,22)23/h2-6,9-12H,7-8H2,1H3,(H,24,30). The van der Waals surface area contributed by atoms with E-state index in [0.717, 1.165) is 12.1 Å². The fourth-order valence-electron chi connectivity index (χ4n) is 3.05. The van der Waals surface area contributed by atoms with E-state index in [1.54, 1.807) is 36.0 Å². The van der Waals surface area contributed by atoms with Crippen LogP contribution in [0, 0.1) is 6.92 Å². The van der Waals surface area contributed by atoms with Crippen molar-refractivity contribution in [1.82, 2.24) is 29.8 Å². The largest absolute Gasteiger partial charge is 0.416 e. The van der Waals surface area contributed by atoms with Crippen LogP contribution in [-0.4, -0.2) is 36.9 Å². The second-order valence-corrected chi connectivity index (χ2v) is 6.67. The number of carbonyl (C=O) groups excluding carboxylic acids is 1. The Labute approximate surface area is 174 Å². The summed E-state index contributed by atoms with van der Waals surface area (Å²) in [5.74, 6) is 0.773. The van der Waals surface area contributed by atoms with Crippen molar-refractivity contribution in [2.75, 3.05) is 6.54 Å². The molecule has 0 atom stereocenters. The van der Waals surface area contributed by atoms with Gasteiger partial charge in [0.2, 0.25) is 5.89 Å². The van der Waals surface area contributed by atoms with E-state index in [0.29, 0.717) is 24.0 Å². The molecule has 3 heterocycles. The highest BCUT2D eigenvalue weighted by atomic mass is 19.4.